The van der Waals surface area contributed by atoms with E-state index in [2.05, 4.69) is 37.8 Å². The van der Waals surface area contributed by atoms with Crippen LogP contribution in [-0.2, 0) is 5.41 Å². The summed E-state index contributed by atoms with van der Waals surface area (Å²) < 4.78 is 13.0. The Morgan fingerprint density at radius 2 is 1.34 bits per heavy atom. The van der Waals surface area contributed by atoms with E-state index in [0.717, 1.165) is 60.7 Å². The molecule has 2 aromatic rings. The van der Waals surface area contributed by atoms with Gasteiger partial charge in [-0.2, -0.15) is 0 Å². The van der Waals surface area contributed by atoms with Crippen molar-refractivity contribution >= 4 is 5.97 Å². The molecule has 4 fully saturated rings. The second-order valence-corrected chi connectivity index (χ2v) is 13.0. The van der Waals surface area contributed by atoms with Gasteiger partial charge >= 0.3 is 5.97 Å². The smallest absolute Gasteiger partial charge is 0.336 e. The molecule has 220 valence electrons. The summed E-state index contributed by atoms with van der Waals surface area (Å²) >= 11 is 0. The number of ether oxygens (including phenoxy) is 2. The van der Waals surface area contributed by atoms with Crippen molar-refractivity contribution in [2.24, 2.45) is 17.8 Å². The highest BCUT2D eigenvalue weighted by Gasteiger charge is 2.52. The summed E-state index contributed by atoms with van der Waals surface area (Å²) in [5.74, 6) is 9.83. The van der Waals surface area contributed by atoms with Gasteiger partial charge in [-0.1, -0.05) is 76.3 Å². The summed E-state index contributed by atoms with van der Waals surface area (Å²) in [7, 11) is 0. The second-order valence-electron chi connectivity index (χ2n) is 13.0. The number of hydrogen-bond donors (Lipinski definition) is 1. The molecule has 0 radical (unpaired) electrons. The van der Waals surface area contributed by atoms with Gasteiger partial charge in [0.05, 0.1) is 24.3 Å². The van der Waals surface area contributed by atoms with Crippen LogP contribution in [0.15, 0.2) is 36.4 Å². The number of benzene rings is 2. The van der Waals surface area contributed by atoms with Gasteiger partial charge in [-0.3, -0.25) is 0 Å². The summed E-state index contributed by atoms with van der Waals surface area (Å²) in [4.78, 5) is 11.8. The van der Waals surface area contributed by atoms with E-state index < -0.39 is 5.97 Å². The highest BCUT2D eigenvalue weighted by atomic mass is 16.5. The average Bonchev–Trinajstić information content (AvgIpc) is 2.95. The molecule has 0 amide bonds. The molecule has 0 heterocycles. The van der Waals surface area contributed by atoms with E-state index in [1.165, 1.54) is 76.2 Å². The Bertz CT molecular complexity index is 1210. The third kappa shape index (κ3) is 7.11. The Kier molecular flexibility index (Phi) is 9.97. The minimum Gasteiger partial charge on any atom is -0.493 e. The van der Waals surface area contributed by atoms with Crippen molar-refractivity contribution < 1.29 is 19.4 Å². The maximum absolute atomic E-state index is 11.8. The minimum atomic E-state index is -0.955. The molecule has 4 aliphatic rings. The first-order valence-corrected chi connectivity index (χ1v) is 16.3. The van der Waals surface area contributed by atoms with Gasteiger partial charge in [0.1, 0.15) is 11.5 Å². The number of carboxylic acid groups (broad SMARTS) is 1. The average molecular weight is 557 g/mol. The van der Waals surface area contributed by atoms with Crippen molar-refractivity contribution in [3.63, 3.8) is 0 Å². The van der Waals surface area contributed by atoms with E-state index in [9.17, 15) is 9.90 Å². The number of carboxylic acids is 1. The monoisotopic (exact) mass is 556 g/mol. The van der Waals surface area contributed by atoms with Crippen molar-refractivity contribution in [3.8, 4) is 23.3 Å². The summed E-state index contributed by atoms with van der Waals surface area (Å²) in [6.07, 6.45) is 17.2. The van der Waals surface area contributed by atoms with Crippen LogP contribution in [0, 0.1) is 29.6 Å². The Labute approximate surface area is 247 Å². The zero-order chi connectivity index (χ0) is 28.7. The predicted molar refractivity (Wildman–Crippen MR) is 165 cm³/mol. The molecule has 1 N–H and O–H groups in total. The molecule has 2 aromatic carbocycles. The highest BCUT2D eigenvalue weighted by Crippen LogP contribution is 2.62. The van der Waals surface area contributed by atoms with Gasteiger partial charge in [0.25, 0.3) is 0 Å². The van der Waals surface area contributed by atoms with Gasteiger partial charge < -0.3 is 14.6 Å². The Balaban J connectivity index is 1.53. The van der Waals surface area contributed by atoms with E-state index in [0.29, 0.717) is 12.2 Å². The third-order valence-corrected chi connectivity index (χ3v) is 9.69. The quantitative estimate of drug-likeness (QED) is 0.186. The van der Waals surface area contributed by atoms with Crippen molar-refractivity contribution in [3.05, 3.63) is 58.7 Å². The van der Waals surface area contributed by atoms with E-state index in [1.807, 2.05) is 6.07 Å². The molecule has 4 heteroatoms. The highest BCUT2D eigenvalue weighted by molar-refractivity contribution is 5.90. The fraction of sp³-hybridized carbons (Fsp3) is 0.595. The molecule has 4 saturated carbocycles. The minimum absolute atomic E-state index is 0.155. The Hall–Kier alpha value is -2.93. The molecule has 0 atom stereocenters. The van der Waals surface area contributed by atoms with Crippen molar-refractivity contribution in [2.45, 2.75) is 109 Å². The molecule has 41 heavy (non-hydrogen) atoms. The van der Waals surface area contributed by atoms with Crippen LogP contribution in [0.2, 0.25) is 0 Å². The summed E-state index contributed by atoms with van der Waals surface area (Å²) in [5, 5.41) is 9.71. The van der Waals surface area contributed by atoms with Crippen LogP contribution in [0.3, 0.4) is 0 Å². The first-order chi connectivity index (χ1) is 20.0. The van der Waals surface area contributed by atoms with E-state index in [4.69, 9.17) is 9.47 Å². The van der Waals surface area contributed by atoms with Gasteiger partial charge in [0.15, 0.2) is 0 Å². The van der Waals surface area contributed by atoms with Crippen molar-refractivity contribution in [1.29, 1.82) is 0 Å². The largest absolute Gasteiger partial charge is 0.493 e. The fourth-order valence-corrected chi connectivity index (χ4v) is 8.09. The molecule has 0 unspecified atom stereocenters. The molecule has 0 aliphatic heterocycles. The Morgan fingerprint density at radius 3 is 1.93 bits per heavy atom. The third-order valence-electron chi connectivity index (χ3n) is 9.69. The molecule has 0 aromatic heterocycles. The molecule has 4 nitrogen and oxygen atoms in total. The first-order valence-electron chi connectivity index (χ1n) is 16.3. The zero-order valence-corrected chi connectivity index (χ0v) is 25.2. The maximum Gasteiger partial charge on any atom is 0.336 e. The summed E-state index contributed by atoms with van der Waals surface area (Å²) in [6.45, 7) is 5.83. The first kappa shape index (κ1) is 29.6. The number of carbonyl (C=O) groups is 1. The van der Waals surface area contributed by atoms with Gasteiger partial charge in [-0.25, -0.2) is 4.79 Å². The van der Waals surface area contributed by atoms with Gasteiger partial charge in [-0.15, -0.1) is 0 Å². The van der Waals surface area contributed by atoms with Crippen LogP contribution in [0.1, 0.15) is 131 Å². The molecule has 6 rings (SSSR count). The van der Waals surface area contributed by atoms with Crippen LogP contribution in [0.5, 0.6) is 11.5 Å². The van der Waals surface area contributed by atoms with Crippen LogP contribution in [0.25, 0.3) is 0 Å². The summed E-state index contributed by atoms with van der Waals surface area (Å²) in [5.41, 5.74) is 3.09. The lowest BCUT2D eigenvalue weighted by Gasteiger charge is -2.57. The standard InChI is InChI=1S/C37H48O4/c1-3-5-7-11-17-40-34-23-35(41-18-12-8-6-4-2)33(37-24-27-19-28(25-37)21-29(20-27)26-37)22-31(34)16-15-30-13-9-10-14-32(30)36(38)39/h9-10,13-14,22-23,27-29H,3-8,11-12,17-21,24-26H2,1-2H3,(H,38,39). The number of aromatic carboxylic acids is 1. The molecule has 4 aliphatic carbocycles. The van der Waals surface area contributed by atoms with E-state index in [-0.39, 0.29) is 11.0 Å². The lowest BCUT2D eigenvalue weighted by Crippen LogP contribution is -2.48. The van der Waals surface area contributed by atoms with Crippen molar-refractivity contribution in [1.82, 2.24) is 0 Å². The van der Waals surface area contributed by atoms with Crippen LogP contribution < -0.4 is 9.47 Å². The Morgan fingerprint density at radius 1 is 0.780 bits per heavy atom. The number of hydrogen-bond acceptors (Lipinski definition) is 3. The molecule has 4 bridgehead atoms. The van der Waals surface area contributed by atoms with E-state index in [1.54, 1.807) is 18.2 Å². The summed E-state index contributed by atoms with van der Waals surface area (Å²) in [6, 6.07) is 11.4. The maximum atomic E-state index is 11.8. The van der Waals surface area contributed by atoms with Crippen LogP contribution >= 0.6 is 0 Å². The van der Waals surface area contributed by atoms with E-state index >= 15 is 0 Å². The SMILES string of the molecule is CCCCCCOc1cc(OCCCCCC)c(C23CC4CC(CC(C4)C2)C3)cc1C#Cc1ccccc1C(=O)O. The van der Waals surface area contributed by atoms with Gasteiger partial charge in [-0.05, 0) is 92.7 Å². The molecule has 0 saturated heterocycles. The lowest BCUT2D eigenvalue weighted by atomic mass is 9.48. The normalized spacial score (nSPS) is 24.1. The zero-order valence-electron chi connectivity index (χ0n) is 25.2. The van der Waals surface area contributed by atoms with Gasteiger partial charge in [0.2, 0.25) is 0 Å². The van der Waals surface area contributed by atoms with Crippen LogP contribution in [-0.4, -0.2) is 24.3 Å². The molecular weight excluding hydrogens is 508 g/mol. The van der Waals surface area contributed by atoms with Gasteiger partial charge in [0, 0.05) is 17.2 Å². The molecular formula is C37H48O4. The second kappa shape index (κ2) is 13.8. The van der Waals surface area contributed by atoms with Crippen molar-refractivity contribution in [2.75, 3.05) is 13.2 Å². The topological polar surface area (TPSA) is 55.8 Å². The fourth-order valence-electron chi connectivity index (χ4n) is 8.09. The number of rotatable bonds is 14. The molecule has 0 spiro atoms. The predicted octanol–water partition coefficient (Wildman–Crippen LogP) is 9.17. The lowest BCUT2D eigenvalue weighted by molar-refractivity contribution is -0.00644. The van der Waals surface area contributed by atoms with Crippen LogP contribution in [0.4, 0.5) is 0 Å². The number of unbranched alkanes of at least 4 members (excludes halogenated alkanes) is 6.